The van der Waals surface area contributed by atoms with E-state index in [0.717, 1.165) is 18.8 Å². The van der Waals surface area contributed by atoms with Crippen molar-refractivity contribution in [3.63, 3.8) is 0 Å². The van der Waals surface area contributed by atoms with E-state index in [9.17, 15) is 9.59 Å². The highest BCUT2D eigenvalue weighted by atomic mass is 35.5. The quantitative estimate of drug-likeness (QED) is 0.749. The number of nitrogens with zero attached hydrogens (tertiary/aromatic N) is 2. The minimum atomic E-state index is -0.248. The highest BCUT2D eigenvalue weighted by molar-refractivity contribution is 6.33. The van der Waals surface area contributed by atoms with Crippen LogP contribution in [0.15, 0.2) is 42.5 Å². The fraction of sp³-hybridized carbons (Fsp3) is 0.391. The van der Waals surface area contributed by atoms with Crippen LogP contribution in [0.4, 0.5) is 11.4 Å². The van der Waals surface area contributed by atoms with Gasteiger partial charge in [0.2, 0.25) is 5.91 Å². The van der Waals surface area contributed by atoms with Gasteiger partial charge in [0, 0.05) is 38.8 Å². The minimum Gasteiger partial charge on any atom is -0.484 e. The minimum absolute atomic E-state index is 0.0760. The van der Waals surface area contributed by atoms with E-state index in [1.165, 1.54) is 5.56 Å². The lowest BCUT2D eigenvalue weighted by molar-refractivity contribution is -0.129. The van der Waals surface area contributed by atoms with Gasteiger partial charge in [0.1, 0.15) is 5.75 Å². The molecule has 0 spiro atoms. The third-order valence-corrected chi connectivity index (χ3v) is 5.52. The van der Waals surface area contributed by atoms with Gasteiger partial charge >= 0.3 is 0 Å². The molecule has 0 unspecified atom stereocenters. The predicted molar refractivity (Wildman–Crippen MR) is 121 cm³/mol. The lowest BCUT2D eigenvalue weighted by Crippen LogP contribution is -2.48. The van der Waals surface area contributed by atoms with Gasteiger partial charge in [-0.15, -0.1) is 0 Å². The molecule has 7 heteroatoms. The number of amides is 2. The van der Waals surface area contributed by atoms with E-state index in [-0.39, 0.29) is 18.4 Å². The first-order valence-electron chi connectivity index (χ1n) is 10.2. The molecule has 1 heterocycles. The number of carbonyl (C=O) groups excluding carboxylic acids is 2. The summed E-state index contributed by atoms with van der Waals surface area (Å²) in [7, 11) is 0. The molecule has 1 saturated heterocycles. The van der Waals surface area contributed by atoms with Crippen LogP contribution in [-0.4, -0.2) is 49.5 Å². The van der Waals surface area contributed by atoms with Crippen LogP contribution in [0.2, 0.25) is 5.02 Å². The molecule has 2 aromatic rings. The van der Waals surface area contributed by atoms with Crippen LogP contribution in [0.3, 0.4) is 0 Å². The molecular weight excluding hydrogens is 402 g/mol. The molecule has 0 radical (unpaired) electrons. The molecule has 0 atom stereocenters. The van der Waals surface area contributed by atoms with Crippen molar-refractivity contribution in [2.24, 2.45) is 0 Å². The third kappa shape index (κ3) is 5.66. The summed E-state index contributed by atoms with van der Waals surface area (Å²) >= 11 is 6.45. The van der Waals surface area contributed by atoms with Gasteiger partial charge in [-0.25, -0.2) is 0 Å². The first-order valence-corrected chi connectivity index (χ1v) is 10.5. The molecule has 1 aliphatic rings. The lowest BCUT2D eigenvalue weighted by atomic mass is 10.0. The SMILES string of the molecule is CC(=O)N1CCN(c2ccc(NC(=O)COc3ccc(C(C)C)cc3)cc2Cl)CC1. The Hall–Kier alpha value is -2.73. The molecule has 160 valence electrons. The summed E-state index contributed by atoms with van der Waals surface area (Å²) in [5, 5.41) is 3.38. The number of rotatable bonds is 6. The number of carbonyl (C=O) groups is 2. The Morgan fingerprint density at radius 2 is 1.73 bits per heavy atom. The van der Waals surface area contributed by atoms with Gasteiger partial charge in [-0.05, 0) is 41.8 Å². The standard InChI is InChI=1S/C23H28ClN3O3/c1-16(2)18-4-7-20(8-5-18)30-15-23(29)25-19-6-9-22(21(24)14-19)27-12-10-26(11-13-27)17(3)28/h4-9,14,16H,10-13,15H2,1-3H3,(H,25,29). The molecule has 2 amide bonds. The highest BCUT2D eigenvalue weighted by Gasteiger charge is 2.20. The summed E-state index contributed by atoms with van der Waals surface area (Å²) in [5.74, 6) is 0.958. The first kappa shape index (κ1) is 22.0. The second kappa shape index (κ2) is 9.85. The second-order valence-electron chi connectivity index (χ2n) is 7.72. The Kier molecular flexibility index (Phi) is 7.21. The van der Waals surface area contributed by atoms with Crippen LogP contribution in [0.5, 0.6) is 5.75 Å². The average molecular weight is 430 g/mol. The molecule has 1 aliphatic heterocycles. The summed E-state index contributed by atoms with van der Waals surface area (Å²) in [6.45, 7) is 8.59. The van der Waals surface area contributed by atoms with Crippen LogP contribution in [0.1, 0.15) is 32.3 Å². The van der Waals surface area contributed by atoms with Crippen molar-refractivity contribution in [1.82, 2.24) is 4.90 Å². The average Bonchev–Trinajstić information content (AvgIpc) is 2.73. The van der Waals surface area contributed by atoms with Crippen molar-refractivity contribution in [3.8, 4) is 5.75 Å². The number of hydrogen-bond donors (Lipinski definition) is 1. The molecule has 0 bridgehead atoms. The first-order chi connectivity index (χ1) is 14.3. The molecule has 1 N–H and O–H groups in total. The highest BCUT2D eigenvalue weighted by Crippen LogP contribution is 2.29. The van der Waals surface area contributed by atoms with Crippen molar-refractivity contribution in [3.05, 3.63) is 53.1 Å². The number of nitrogens with one attached hydrogen (secondary N) is 1. The Labute approximate surface area is 182 Å². The Balaban J connectivity index is 1.52. The van der Waals surface area contributed by atoms with Crippen molar-refractivity contribution in [2.75, 3.05) is 43.0 Å². The molecule has 3 rings (SSSR count). The van der Waals surface area contributed by atoms with E-state index in [1.54, 1.807) is 13.0 Å². The van der Waals surface area contributed by atoms with Gasteiger partial charge in [-0.2, -0.15) is 0 Å². The second-order valence-corrected chi connectivity index (χ2v) is 8.13. The fourth-order valence-corrected chi connectivity index (χ4v) is 3.70. The number of hydrogen-bond acceptors (Lipinski definition) is 4. The number of piperazine rings is 1. The van der Waals surface area contributed by atoms with E-state index in [0.29, 0.717) is 35.5 Å². The summed E-state index contributed by atoms with van der Waals surface area (Å²) in [5.41, 5.74) is 2.75. The monoisotopic (exact) mass is 429 g/mol. The molecule has 0 aliphatic carbocycles. The Morgan fingerprint density at radius 1 is 1.07 bits per heavy atom. The molecule has 2 aromatic carbocycles. The molecule has 30 heavy (non-hydrogen) atoms. The molecular formula is C23H28ClN3O3. The van der Waals surface area contributed by atoms with Gasteiger partial charge in [0.15, 0.2) is 6.61 Å². The molecule has 1 fully saturated rings. The number of anilines is 2. The molecule has 0 saturated carbocycles. The number of halogens is 1. The van der Waals surface area contributed by atoms with Crippen molar-refractivity contribution in [1.29, 1.82) is 0 Å². The van der Waals surface area contributed by atoms with Gasteiger partial charge in [-0.3, -0.25) is 9.59 Å². The van der Waals surface area contributed by atoms with Gasteiger partial charge < -0.3 is 19.9 Å². The van der Waals surface area contributed by atoms with Crippen molar-refractivity contribution >= 4 is 34.8 Å². The smallest absolute Gasteiger partial charge is 0.262 e. The fourth-order valence-electron chi connectivity index (χ4n) is 3.40. The molecule has 6 nitrogen and oxygen atoms in total. The van der Waals surface area contributed by atoms with Crippen LogP contribution in [0, 0.1) is 0 Å². The van der Waals surface area contributed by atoms with Crippen molar-refractivity contribution in [2.45, 2.75) is 26.7 Å². The summed E-state index contributed by atoms with van der Waals surface area (Å²) in [4.78, 5) is 27.7. The normalized spacial score (nSPS) is 14.0. The Morgan fingerprint density at radius 3 is 2.30 bits per heavy atom. The number of ether oxygens (including phenoxy) is 1. The third-order valence-electron chi connectivity index (χ3n) is 5.21. The number of benzene rings is 2. The van der Waals surface area contributed by atoms with E-state index < -0.39 is 0 Å². The van der Waals surface area contributed by atoms with E-state index in [1.807, 2.05) is 41.3 Å². The zero-order valence-corrected chi connectivity index (χ0v) is 18.4. The predicted octanol–water partition coefficient (Wildman–Crippen LogP) is 4.15. The topological polar surface area (TPSA) is 61.9 Å². The summed E-state index contributed by atoms with van der Waals surface area (Å²) in [6, 6.07) is 13.2. The van der Waals surface area contributed by atoms with E-state index in [2.05, 4.69) is 24.1 Å². The van der Waals surface area contributed by atoms with Crippen LogP contribution < -0.4 is 15.0 Å². The van der Waals surface area contributed by atoms with Crippen LogP contribution in [-0.2, 0) is 9.59 Å². The lowest BCUT2D eigenvalue weighted by Gasteiger charge is -2.36. The van der Waals surface area contributed by atoms with Gasteiger partial charge in [0.05, 0.1) is 10.7 Å². The van der Waals surface area contributed by atoms with E-state index in [4.69, 9.17) is 16.3 Å². The van der Waals surface area contributed by atoms with Crippen LogP contribution in [0.25, 0.3) is 0 Å². The maximum absolute atomic E-state index is 12.2. The summed E-state index contributed by atoms with van der Waals surface area (Å²) in [6.07, 6.45) is 0. The maximum atomic E-state index is 12.2. The molecule has 0 aromatic heterocycles. The Bertz CT molecular complexity index is 891. The zero-order chi connectivity index (χ0) is 21.7. The summed E-state index contributed by atoms with van der Waals surface area (Å²) < 4.78 is 5.57. The van der Waals surface area contributed by atoms with Crippen molar-refractivity contribution < 1.29 is 14.3 Å². The van der Waals surface area contributed by atoms with E-state index >= 15 is 0 Å². The van der Waals surface area contributed by atoms with Gasteiger partial charge in [-0.1, -0.05) is 37.6 Å². The van der Waals surface area contributed by atoms with Gasteiger partial charge in [0.25, 0.3) is 5.91 Å². The maximum Gasteiger partial charge on any atom is 0.262 e. The largest absolute Gasteiger partial charge is 0.484 e. The zero-order valence-electron chi connectivity index (χ0n) is 17.7. The van der Waals surface area contributed by atoms with Crippen LogP contribution >= 0.6 is 11.6 Å².